The van der Waals surface area contributed by atoms with Gasteiger partial charge in [0.25, 0.3) is 0 Å². The van der Waals surface area contributed by atoms with Crippen LogP contribution in [0.25, 0.3) is 0 Å². The smallest absolute Gasteiger partial charge is 0.303 e. The molecule has 0 aliphatic rings. The number of rotatable bonds is 5. The van der Waals surface area contributed by atoms with Crippen LogP contribution in [-0.4, -0.2) is 17.0 Å². The number of anilines is 1. The molecular formula is C11H11FINO3. The normalized spacial score (nSPS) is 10.0. The van der Waals surface area contributed by atoms with Gasteiger partial charge in [0, 0.05) is 16.4 Å². The Hall–Kier alpha value is -1.18. The van der Waals surface area contributed by atoms with E-state index in [1.54, 1.807) is 0 Å². The zero-order valence-electron chi connectivity index (χ0n) is 8.87. The van der Waals surface area contributed by atoms with Crippen LogP contribution < -0.4 is 5.32 Å². The molecule has 1 aromatic carbocycles. The van der Waals surface area contributed by atoms with Crippen LogP contribution in [0.1, 0.15) is 19.3 Å². The van der Waals surface area contributed by atoms with Crippen LogP contribution in [0.15, 0.2) is 18.2 Å². The number of benzene rings is 1. The summed E-state index contributed by atoms with van der Waals surface area (Å²) in [5.74, 6) is -1.55. The van der Waals surface area contributed by atoms with Gasteiger partial charge in [-0.25, -0.2) is 4.39 Å². The van der Waals surface area contributed by atoms with Crippen LogP contribution in [0.2, 0.25) is 0 Å². The summed E-state index contributed by atoms with van der Waals surface area (Å²) in [6, 6.07) is 4.05. The second-order valence-corrected chi connectivity index (χ2v) is 4.58. The van der Waals surface area contributed by atoms with E-state index in [0.717, 1.165) is 0 Å². The Labute approximate surface area is 111 Å². The lowest BCUT2D eigenvalue weighted by molar-refractivity contribution is -0.137. The number of hydrogen-bond donors (Lipinski definition) is 2. The number of carbonyl (C=O) groups is 2. The van der Waals surface area contributed by atoms with E-state index in [2.05, 4.69) is 5.32 Å². The number of amides is 1. The molecule has 4 nitrogen and oxygen atoms in total. The zero-order valence-corrected chi connectivity index (χ0v) is 11.0. The highest BCUT2D eigenvalue weighted by atomic mass is 127. The van der Waals surface area contributed by atoms with Crippen LogP contribution in [0.3, 0.4) is 0 Å². The van der Waals surface area contributed by atoms with Gasteiger partial charge in [-0.1, -0.05) is 0 Å². The predicted molar refractivity (Wildman–Crippen MR) is 69.2 cm³/mol. The van der Waals surface area contributed by atoms with E-state index in [9.17, 15) is 14.0 Å². The predicted octanol–water partition coefficient (Wildman–Crippen LogP) is 2.62. The van der Waals surface area contributed by atoms with Gasteiger partial charge in [-0.05, 0) is 47.2 Å². The first-order valence-electron chi connectivity index (χ1n) is 4.95. The second kappa shape index (κ2) is 6.53. The lowest BCUT2D eigenvalue weighted by Gasteiger charge is -2.06. The number of carboxylic acids is 1. The monoisotopic (exact) mass is 351 g/mol. The van der Waals surface area contributed by atoms with Crippen LogP contribution in [0.5, 0.6) is 0 Å². The first-order valence-corrected chi connectivity index (χ1v) is 6.03. The molecule has 0 bridgehead atoms. The van der Waals surface area contributed by atoms with Crippen molar-refractivity contribution in [3.05, 3.63) is 27.6 Å². The Kier molecular flexibility index (Phi) is 5.33. The third-order valence-electron chi connectivity index (χ3n) is 2.00. The van der Waals surface area contributed by atoms with E-state index in [-0.39, 0.29) is 24.6 Å². The summed E-state index contributed by atoms with van der Waals surface area (Å²) in [5.41, 5.74) is 0.535. The summed E-state index contributed by atoms with van der Waals surface area (Å²) in [6.45, 7) is 0. The minimum absolute atomic E-state index is 0.0338. The fraction of sp³-hybridized carbons (Fsp3) is 0.273. The molecule has 0 radical (unpaired) electrons. The van der Waals surface area contributed by atoms with Crippen molar-refractivity contribution in [1.82, 2.24) is 0 Å². The summed E-state index contributed by atoms with van der Waals surface area (Å²) in [4.78, 5) is 21.7. The summed E-state index contributed by atoms with van der Waals surface area (Å²) in [7, 11) is 0. The molecule has 0 fully saturated rings. The maximum Gasteiger partial charge on any atom is 0.303 e. The quantitative estimate of drug-likeness (QED) is 0.802. The fourth-order valence-corrected chi connectivity index (χ4v) is 1.82. The van der Waals surface area contributed by atoms with Crippen molar-refractivity contribution in [2.45, 2.75) is 19.3 Å². The zero-order chi connectivity index (χ0) is 12.8. The van der Waals surface area contributed by atoms with E-state index < -0.39 is 5.97 Å². The van der Waals surface area contributed by atoms with Crippen molar-refractivity contribution >= 4 is 40.2 Å². The average molecular weight is 351 g/mol. The van der Waals surface area contributed by atoms with Gasteiger partial charge in [0.15, 0.2) is 0 Å². The maximum atomic E-state index is 12.8. The average Bonchev–Trinajstić information content (AvgIpc) is 2.21. The van der Waals surface area contributed by atoms with Crippen molar-refractivity contribution in [3.8, 4) is 0 Å². The van der Waals surface area contributed by atoms with Crippen LogP contribution in [0.4, 0.5) is 10.1 Å². The summed E-state index contributed by atoms with van der Waals surface area (Å²) >= 11 is 1.92. The Morgan fingerprint density at radius 3 is 2.65 bits per heavy atom. The molecule has 0 spiro atoms. The van der Waals surface area contributed by atoms with Crippen molar-refractivity contribution < 1.29 is 19.1 Å². The molecule has 2 N–H and O–H groups in total. The Balaban J connectivity index is 2.48. The van der Waals surface area contributed by atoms with Crippen LogP contribution >= 0.6 is 22.6 Å². The van der Waals surface area contributed by atoms with Crippen LogP contribution in [0, 0.1) is 9.39 Å². The van der Waals surface area contributed by atoms with Crippen molar-refractivity contribution in [2.24, 2.45) is 0 Å². The summed E-state index contributed by atoms with van der Waals surface area (Å²) in [5, 5.41) is 11.0. The third kappa shape index (κ3) is 5.12. The lowest BCUT2D eigenvalue weighted by Crippen LogP contribution is -2.12. The van der Waals surface area contributed by atoms with Gasteiger partial charge < -0.3 is 10.4 Å². The third-order valence-corrected chi connectivity index (χ3v) is 2.89. The van der Waals surface area contributed by atoms with E-state index in [1.165, 1.54) is 18.2 Å². The van der Waals surface area contributed by atoms with E-state index in [1.807, 2.05) is 22.6 Å². The van der Waals surface area contributed by atoms with E-state index >= 15 is 0 Å². The van der Waals surface area contributed by atoms with Crippen LogP contribution in [-0.2, 0) is 9.59 Å². The van der Waals surface area contributed by atoms with E-state index in [0.29, 0.717) is 15.7 Å². The number of nitrogens with one attached hydrogen (secondary N) is 1. The Morgan fingerprint density at radius 1 is 1.35 bits per heavy atom. The molecule has 17 heavy (non-hydrogen) atoms. The summed E-state index contributed by atoms with van der Waals surface area (Å²) < 4.78 is 13.4. The number of halogens is 2. The first-order chi connectivity index (χ1) is 7.99. The molecule has 0 aliphatic heterocycles. The molecule has 0 atom stereocenters. The van der Waals surface area contributed by atoms with Crippen molar-refractivity contribution in [3.63, 3.8) is 0 Å². The Bertz CT molecular complexity index is 437. The largest absolute Gasteiger partial charge is 0.481 e. The number of carbonyl (C=O) groups excluding carboxylic acids is 1. The molecule has 1 aromatic rings. The van der Waals surface area contributed by atoms with Gasteiger partial charge in [-0.15, -0.1) is 0 Å². The molecule has 0 aromatic heterocycles. The van der Waals surface area contributed by atoms with Gasteiger partial charge in [0.1, 0.15) is 5.82 Å². The Morgan fingerprint density at radius 2 is 2.06 bits per heavy atom. The molecule has 6 heteroatoms. The van der Waals surface area contributed by atoms with Gasteiger partial charge in [-0.2, -0.15) is 0 Å². The highest BCUT2D eigenvalue weighted by molar-refractivity contribution is 14.1. The standard InChI is InChI=1S/C11H11FINO3/c12-7-4-5-9(8(13)6-7)14-10(15)2-1-3-11(16)17/h4-6H,1-3H2,(H,14,15)(H,16,17). The van der Waals surface area contributed by atoms with Gasteiger partial charge >= 0.3 is 5.97 Å². The van der Waals surface area contributed by atoms with Gasteiger partial charge in [0.2, 0.25) is 5.91 Å². The molecule has 0 unspecified atom stereocenters. The molecule has 92 valence electrons. The topological polar surface area (TPSA) is 66.4 Å². The van der Waals surface area contributed by atoms with E-state index in [4.69, 9.17) is 5.11 Å². The SMILES string of the molecule is O=C(O)CCCC(=O)Nc1ccc(F)cc1I. The first kappa shape index (κ1) is 13.9. The number of carboxylic acid groups (broad SMARTS) is 1. The molecule has 1 rings (SSSR count). The molecular weight excluding hydrogens is 340 g/mol. The molecule has 0 saturated carbocycles. The van der Waals surface area contributed by atoms with Gasteiger partial charge in [0.05, 0.1) is 5.69 Å². The second-order valence-electron chi connectivity index (χ2n) is 3.42. The summed E-state index contributed by atoms with van der Waals surface area (Å²) in [6.07, 6.45) is 0.395. The minimum Gasteiger partial charge on any atom is -0.481 e. The van der Waals surface area contributed by atoms with Crippen molar-refractivity contribution in [2.75, 3.05) is 5.32 Å². The number of aliphatic carboxylic acids is 1. The van der Waals surface area contributed by atoms with Gasteiger partial charge in [-0.3, -0.25) is 9.59 Å². The fourth-order valence-electron chi connectivity index (χ4n) is 1.20. The lowest BCUT2D eigenvalue weighted by atomic mass is 10.2. The molecule has 0 saturated heterocycles. The highest BCUT2D eigenvalue weighted by Gasteiger charge is 2.07. The number of hydrogen-bond acceptors (Lipinski definition) is 2. The molecule has 1 amide bonds. The maximum absolute atomic E-state index is 12.8. The highest BCUT2D eigenvalue weighted by Crippen LogP contribution is 2.19. The van der Waals surface area contributed by atoms with Crippen molar-refractivity contribution in [1.29, 1.82) is 0 Å². The molecule has 0 heterocycles. The molecule has 0 aliphatic carbocycles. The minimum atomic E-state index is -0.922.